The van der Waals surface area contributed by atoms with Gasteiger partial charge in [-0.1, -0.05) is 24.3 Å². The van der Waals surface area contributed by atoms with Crippen LogP contribution in [0.15, 0.2) is 24.3 Å². The van der Waals surface area contributed by atoms with E-state index >= 15 is 0 Å². The van der Waals surface area contributed by atoms with Gasteiger partial charge in [0.25, 0.3) is 0 Å². The van der Waals surface area contributed by atoms with Crippen LogP contribution in [-0.2, 0) is 16.6 Å². The van der Waals surface area contributed by atoms with E-state index in [1.807, 2.05) is 24.3 Å². The molecule has 0 N–H and O–H groups in total. The number of aryl methyl sites for hydroxylation is 1. The van der Waals surface area contributed by atoms with Gasteiger partial charge < -0.3 is 0 Å². The van der Waals surface area contributed by atoms with Crippen LogP contribution in [0.1, 0.15) is 36.8 Å². The molecule has 0 aliphatic heterocycles. The topological polar surface area (TPSA) is 17.1 Å². The minimum absolute atomic E-state index is 0.118. The fourth-order valence-electron chi connectivity index (χ4n) is 3.38. The maximum absolute atomic E-state index is 14.3. The molecule has 1 fully saturated rings. The average Bonchev–Trinajstić information content (AvgIpc) is 2.68. The van der Waals surface area contributed by atoms with Gasteiger partial charge >= 0.3 is 0 Å². The molecule has 2 heteroatoms. The summed E-state index contributed by atoms with van der Waals surface area (Å²) < 4.78 is 14.3. The summed E-state index contributed by atoms with van der Waals surface area (Å²) in [6.45, 7) is 0. The molecule has 2 aliphatic rings. The Morgan fingerprint density at radius 3 is 2.81 bits per heavy atom. The largest absolute Gasteiger partial charge is 0.299 e. The van der Waals surface area contributed by atoms with Crippen molar-refractivity contribution in [1.29, 1.82) is 0 Å². The number of Topliss-reactive ketones (excluding diaryl/α,β-unsaturated/α-hetero) is 1. The molecule has 0 amide bonds. The van der Waals surface area contributed by atoms with Crippen LogP contribution >= 0.6 is 0 Å². The first-order valence-electron chi connectivity index (χ1n) is 6.01. The molecule has 2 atom stereocenters. The minimum atomic E-state index is -0.975. The van der Waals surface area contributed by atoms with Crippen molar-refractivity contribution in [2.75, 3.05) is 0 Å². The SMILES string of the molecule is O=C1CCCC12c1ccccc1CCC2F. The predicted octanol–water partition coefficient (Wildman–Crippen LogP) is 2.96. The Balaban J connectivity index is 2.20. The highest BCUT2D eigenvalue weighted by Crippen LogP contribution is 2.47. The number of carbonyl (C=O) groups is 1. The Morgan fingerprint density at radius 1 is 1.25 bits per heavy atom. The number of carbonyl (C=O) groups excluding carboxylic acids is 1. The van der Waals surface area contributed by atoms with Gasteiger partial charge in [0.05, 0.1) is 5.41 Å². The Hall–Kier alpha value is -1.18. The van der Waals surface area contributed by atoms with Gasteiger partial charge in [0.1, 0.15) is 12.0 Å². The number of halogens is 1. The van der Waals surface area contributed by atoms with E-state index in [-0.39, 0.29) is 5.78 Å². The van der Waals surface area contributed by atoms with Crippen molar-refractivity contribution < 1.29 is 9.18 Å². The molecule has 1 nitrogen and oxygen atoms in total. The van der Waals surface area contributed by atoms with Crippen LogP contribution in [0.3, 0.4) is 0 Å². The predicted molar refractivity (Wildman–Crippen MR) is 60.2 cm³/mol. The highest BCUT2D eigenvalue weighted by molar-refractivity contribution is 5.93. The molecule has 0 heterocycles. The minimum Gasteiger partial charge on any atom is -0.299 e. The number of rotatable bonds is 0. The van der Waals surface area contributed by atoms with Gasteiger partial charge in [-0.2, -0.15) is 0 Å². The highest BCUT2D eigenvalue weighted by Gasteiger charge is 2.52. The second-order valence-corrected chi connectivity index (χ2v) is 4.91. The maximum Gasteiger partial charge on any atom is 0.146 e. The lowest BCUT2D eigenvalue weighted by Gasteiger charge is -2.37. The Labute approximate surface area is 94.7 Å². The van der Waals surface area contributed by atoms with Gasteiger partial charge in [-0.05, 0) is 36.8 Å². The van der Waals surface area contributed by atoms with Crippen molar-refractivity contribution in [1.82, 2.24) is 0 Å². The van der Waals surface area contributed by atoms with Crippen LogP contribution < -0.4 is 0 Å². The van der Waals surface area contributed by atoms with Crippen LogP contribution in [-0.4, -0.2) is 12.0 Å². The summed E-state index contributed by atoms with van der Waals surface area (Å²) in [6, 6.07) is 7.88. The molecule has 3 rings (SSSR count). The normalized spacial score (nSPS) is 33.1. The van der Waals surface area contributed by atoms with Crippen molar-refractivity contribution in [2.24, 2.45) is 0 Å². The number of alkyl halides is 1. The molecular formula is C14H15FO. The number of ketones is 1. The second kappa shape index (κ2) is 3.41. The first-order chi connectivity index (χ1) is 7.75. The number of hydrogen-bond donors (Lipinski definition) is 0. The summed E-state index contributed by atoms with van der Waals surface area (Å²) in [4.78, 5) is 12.1. The lowest BCUT2D eigenvalue weighted by atomic mass is 9.67. The zero-order chi connectivity index (χ0) is 11.2. The fraction of sp³-hybridized carbons (Fsp3) is 0.500. The molecule has 1 aromatic carbocycles. The molecule has 1 saturated carbocycles. The van der Waals surface area contributed by atoms with E-state index < -0.39 is 11.6 Å². The Morgan fingerprint density at radius 2 is 2.06 bits per heavy atom. The van der Waals surface area contributed by atoms with Gasteiger partial charge in [-0.25, -0.2) is 4.39 Å². The van der Waals surface area contributed by atoms with Crippen molar-refractivity contribution in [3.63, 3.8) is 0 Å². The molecule has 1 aromatic rings. The third kappa shape index (κ3) is 1.13. The van der Waals surface area contributed by atoms with E-state index in [1.54, 1.807) is 0 Å². The van der Waals surface area contributed by atoms with E-state index in [0.29, 0.717) is 19.3 Å². The van der Waals surface area contributed by atoms with Crippen LogP contribution in [0.4, 0.5) is 4.39 Å². The molecule has 0 radical (unpaired) electrons. The standard InChI is InChI=1S/C14H15FO/c15-12-8-7-10-4-1-2-5-11(10)14(12)9-3-6-13(14)16/h1-2,4-5,12H,3,6-9H2. The van der Waals surface area contributed by atoms with Crippen molar-refractivity contribution in [3.8, 4) is 0 Å². The third-order valence-electron chi connectivity index (χ3n) is 4.17. The monoisotopic (exact) mass is 218 g/mol. The fourth-order valence-corrected chi connectivity index (χ4v) is 3.38. The quantitative estimate of drug-likeness (QED) is 0.654. The molecule has 0 bridgehead atoms. The van der Waals surface area contributed by atoms with Gasteiger partial charge in [0.15, 0.2) is 0 Å². The highest BCUT2D eigenvalue weighted by atomic mass is 19.1. The van der Waals surface area contributed by atoms with Crippen molar-refractivity contribution in [2.45, 2.75) is 43.7 Å². The van der Waals surface area contributed by atoms with Crippen molar-refractivity contribution >= 4 is 5.78 Å². The molecule has 0 aromatic heterocycles. The van der Waals surface area contributed by atoms with Crippen LogP contribution in [0, 0.1) is 0 Å². The van der Waals surface area contributed by atoms with E-state index in [4.69, 9.17) is 0 Å². The van der Waals surface area contributed by atoms with Gasteiger partial charge in [-0.3, -0.25) is 4.79 Å². The van der Waals surface area contributed by atoms with Crippen LogP contribution in [0.2, 0.25) is 0 Å². The number of benzene rings is 1. The van der Waals surface area contributed by atoms with Crippen LogP contribution in [0.5, 0.6) is 0 Å². The molecule has 2 unspecified atom stereocenters. The first-order valence-corrected chi connectivity index (χ1v) is 6.01. The lowest BCUT2D eigenvalue weighted by Crippen LogP contribution is -2.44. The summed E-state index contributed by atoms with van der Waals surface area (Å²) in [5, 5.41) is 0. The zero-order valence-corrected chi connectivity index (χ0v) is 9.21. The molecule has 16 heavy (non-hydrogen) atoms. The van der Waals surface area contributed by atoms with Gasteiger partial charge in [-0.15, -0.1) is 0 Å². The third-order valence-corrected chi connectivity index (χ3v) is 4.17. The number of fused-ring (bicyclic) bond motifs is 2. The van der Waals surface area contributed by atoms with Gasteiger partial charge in [0.2, 0.25) is 0 Å². The molecule has 0 saturated heterocycles. The summed E-state index contributed by atoms with van der Waals surface area (Å²) in [7, 11) is 0. The van der Waals surface area contributed by atoms with Gasteiger partial charge in [0, 0.05) is 6.42 Å². The Kier molecular flexibility index (Phi) is 2.13. The van der Waals surface area contributed by atoms with Crippen molar-refractivity contribution in [3.05, 3.63) is 35.4 Å². The maximum atomic E-state index is 14.3. The average molecular weight is 218 g/mol. The van der Waals surface area contributed by atoms with Crippen LogP contribution in [0.25, 0.3) is 0 Å². The summed E-state index contributed by atoms with van der Waals surface area (Å²) in [5.74, 6) is 0.118. The smallest absolute Gasteiger partial charge is 0.146 e. The summed E-state index contributed by atoms with van der Waals surface area (Å²) in [5.41, 5.74) is 1.36. The summed E-state index contributed by atoms with van der Waals surface area (Å²) in [6.07, 6.45) is 2.39. The lowest BCUT2D eigenvalue weighted by molar-refractivity contribution is -0.124. The van der Waals surface area contributed by atoms with E-state index in [0.717, 1.165) is 18.4 Å². The second-order valence-electron chi connectivity index (χ2n) is 4.91. The zero-order valence-electron chi connectivity index (χ0n) is 9.21. The number of hydrogen-bond acceptors (Lipinski definition) is 1. The van der Waals surface area contributed by atoms with E-state index in [9.17, 15) is 9.18 Å². The molecular weight excluding hydrogens is 203 g/mol. The summed E-state index contributed by atoms with van der Waals surface area (Å²) >= 11 is 0. The molecule has 2 aliphatic carbocycles. The van der Waals surface area contributed by atoms with E-state index in [2.05, 4.69) is 0 Å². The molecule has 84 valence electrons. The Bertz CT molecular complexity index is 440. The van der Waals surface area contributed by atoms with E-state index in [1.165, 1.54) is 5.56 Å². The first kappa shape index (κ1) is 10.0. The molecule has 1 spiro atoms.